The zero-order valence-electron chi connectivity index (χ0n) is 11.3. The van der Waals surface area contributed by atoms with Gasteiger partial charge < -0.3 is 4.55 Å². The average molecular weight is 296 g/mol. The summed E-state index contributed by atoms with van der Waals surface area (Å²) < 4.78 is 68.5. The first-order valence-corrected chi connectivity index (χ1v) is 7.72. The van der Waals surface area contributed by atoms with E-state index in [2.05, 4.69) is 0 Å². The molecule has 19 heavy (non-hydrogen) atoms. The predicted molar refractivity (Wildman–Crippen MR) is 62.7 cm³/mol. The van der Waals surface area contributed by atoms with Crippen LogP contribution in [0.15, 0.2) is 0 Å². The van der Waals surface area contributed by atoms with Crippen LogP contribution < -0.4 is 18.9 Å². The summed E-state index contributed by atoms with van der Waals surface area (Å²) in [5.74, 6) is -1.30. The van der Waals surface area contributed by atoms with Crippen molar-refractivity contribution in [3.8, 4) is 0 Å². The van der Waals surface area contributed by atoms with E-state index in [4.69, 9.17) is 0 Å². The first-order valence-electron chi connectivity index (χ1n) is 6.14. The van der Waals surface area contributed by atoms with Gasteiger partial charge >= 0.3 is 18.9 Å². The first kappa shape index (κ1) is 21.6. The fraction of sp³-hybridized carbons (Fsp3) is 1.00. The van der Waals surface area contributed by atoms with Crippen LogP contribution in [-0.4, -0.2) is 37.7 Å². The molecule has 0 spiro atoms. The van der Waals surface area contributed by atoms with Crippen molar-refractivity contribution in [2.75, 3.05) is 12.4 Å². The molecule has 0 aliphatic carbocycles. The van der Waals surface area contributed by atoms with Crippen molar-refractivity contribution in [2.24, 2.45) is 0 Å². The van der Waals surface area contributed by atoms with E-state index >= 15 is 0 Å². The van der Waals surface area contributed by atoms with Gasteiger partial charge in [-0.1, -0.05) is 32.1 Å². The number of hydrogen-bond acceptors (Lipinski definition) is 3. The minimum Gasteiger partial charge on any atom is -0.748 e. The molecule has 0 saturated heterocycles. The summed E-state index contributed by atoms with van der Waals surface area (Å²) in [6.07, 6.45) is -0.0914. The van der Waals surface area contributed by atoms with Crippen LogP contribution in [0.2, 0.25) is 0 Å². The Morgan fingerprint density at radius 2 is 1.37 bits per heavy atom. The van der Waals surface area contributed by atoms with Crippen LogP contribution in [0, 0.1) is 0 Å². The molecule has 2 unspecified atom stereocenters. The van der Waals surface area contributed by atoms with Gasteiger partial charge in [0, 0.05) is 0 Å². The Labute approximate surface area is 125 Å². The van der Waals surface area contributed by atoms with Gasteiger partial charge in [0.05, 0.1) is 22.5 Å². The molecule has 0 aliphatic heterocycles. The van der Waals surface area contributed by atoms with E-state index in [9.17, 15) is 26.1 Å². The minimum atomic E-state index is -4.71. The summed E-state index contributed by atoms with van der Waals surface area (Å²) in [7, 11) is -4.71. The Morgan fingerprint density at radius 3 is 1.84 bits per heavy atom. The maximum Gasteiger partial charge on any atom is 1.00 e. The summed E-state index contributed by atoms with van der Waals surface area (Å²) in [6, 6.07) is 0. The van der Waals surface area contributed by atoms with Gasteiger partial charge in [0.15, 0.2) is 0 Å². The third kappa shape index (κ3) is 14.5. The molecule has 2 atom stereocenters. The molecule has 0 fully saturated rings. The van der Waals surface area contributed by atoms with Crippen LogP contribution in [-0.2, 0) is 10.1 Å². The van der Waals surface area contributed by atoms with Gasteiger partial charge in [-0.05, 0) is 12.8 Å². The normalized spacial score (nSPS) is 14.7. The molecule has 110 valence electrons. The van der Waals surface area contributed by atoms with Crippen molar-refractivity contribution in [3.05, 3.63) is 0 Å². The van der Waals surface area contributed by atoms with Crippen LogP contribution in [0.25, 0.3) is 0 Å². The summed E-state index contributed by atoms with van der Waals surface area (Å²) in [5, 5.41) is 0. The summed E-state index contributed by atoms with van der Waals surface area (Å²) in [5.41, 5.74) is 0. The minimum absolute atomic E-state index is 0. The number of rotatable bonds is 11. The molecule has 0 aromatic heterocycles. The molecule has 3 nitrogen and oxygen atoms in total. The van der Waals surface area contributed by atoms with Gasteiger partial charge in [0.25, 0.3) is 0 Å². The van der Waals surface area contributed by atoms with E-state index in [0.717, 1.165) is 19.3 Å². The quantitative estimate of drug-likeness (QED) is 0.304. The Hall–Kier alpha value is 0.297. The van der Waals surface area contributed by atoms with Crippen molar-refractivity contribution in [3.63, 3.8) is 0 Å². The smallest absolute Gasteiger partial charge is 0.748 e. The second-order valence-corrected chi connectivity index (χ2v) is 5.80. The van der Waals surface area contributed by atoms with E-state index in [1.165, 1.54) is 0 Å². The molecule has 8 heteroatoms. The fourth-order valence-corrected chi connectivity index (χ4v) is 2.22. The molecule has 0 aliphatic rings. The molecule has 0 aromatic rings. The molecular formula is C11H20F3LiO3S. The second-order valence-electron chi connectivity index (χ2n) is 4.36. The molecule has 0 rings (SSSR count). The zero-order valence-corrected chi connectivity index (χ0v) is 12.1. The van der Waals surface area contributed by atoms with Gasteiger partial charge in [0.2, 0.25) is 0 Å². The number of halogens is 3. The Bertz CT molecular complexity index is 302. The van der Waals surface area contributed by atoms with E-state index in [-0.39, 0.29) is 32.0 Å². The maximum atomic E-state index is 13.1. The monoisotopic (exact) mass is 296 g/mol. The molecule has 0 amide bonds. The van der Waals surface area contributed by atoms with Crippen molar-refractivity contribution >= 4 is 10.1 Å². The Balaban J connectivity index is 0. The average Bonchev–Trinajstić information content (AvgIpc) is 2.25. The second kappa shape index (κ2) is 12.1. The third-order valence-corrected chi connectivity index (χ3v) is 3.35. The number of hydrogen-bond donors (Lipinski definition) is 0. The molecule has 0 N–H and O–H groups in total. The van der Waals surface area contributed by atoms with Crippen LogP contribution in [0.5, 0.6) is 0 Å². The van der Waals surface area contributed by atoms with Gasteiger partial charge in [-0.25, -0.2) is 17.2 Å². The number of unbranched alkanes of at least 4 members (excludes halogenated alkanes) is 5. The molecular weight excluding hydrogens is 276 g/mol. The van der Waals surface area contributed by atoms with E-state index in [1.807, 2.05) is 0 Å². The zero-order chi connectivity index (χ0) is 14.0. The topological polar surface area (TPSA) is 57.2 Å². The predicted octanol–water partition coefficient (Wildman–Crippen LogP) is -0.0880. The van der Waals surface area contributed by atoms with Crippen molar-refractivity contribution < 1.29 is 45.0 Å². The van der Waals surface area contributed by atoms with Gasteiger partial charge in [0.1, 0.15) is 12.3 Å². The van der Waals surface area contributed by atoms with Gasteiger partial charge in [-0.15, -0.1) is 0 Å². The molecule has 0 aromatic carbocycles. The van der Waals surface area contributed by atoms with Gasteiger partial charge in [-0.2, -0.15) is 0 Å². The van der Waals surface area contributed by atoms with E-state index < -0.39 is 28.2 Å². The van der Waals surface area contributed by atoms with Crippen molar-refractivity contribution in [1.82, 2.24) is 0 Å². The largest absolute Gasteiger partial charge is 1.00 e. The van der Waals surface area contributed by atoms with Crippen molar-refractivity contribution in [2.45, 2.75) is 57.3 Å². The van der Waals surface area contributed by atoms with Crippen molar-refractivity contribution in [1.29, 1.82) is 0 Å². The van der Waals surface area contributed by atoms with Crippen LogP contribution in [0.3, 0.4) is 0 Å². The van der Waals surface area contributed by atoms with E-state index in [1.54, 1.807) is 0 Å². The summed E-state index contributed by atoms with van der Waals surface area (Å²) in [4.78, 5) is 0. The number of alkyl halides is 3. The molecule has 0 bridgehead atoms. The van der Waals surface area contributed by atoms with Gasteiger partial charge in [-0.3, -0.25) is 4.39 Å². The van der Waals surface area contributed by atoms with E-state index in [0.29, 0.717) is 19.3 Å². The Kier molecular flexibility index (Phi) is 13.7. The molecule has 0 heterocycles. The standard InChI is InChI=1S/C11H21F3O3S.Li/c12-8-6-4-2-1-3-5-7-10(13)11(14)9-18(15,16)17;/h10-11H,1-9H2,(H,15,16,17);/q;+1/p-1. The maximum absolute atomic E-state index is 13.1. The summed E-state index contributed by atoms with van der Waals surface area (Å²) in [6.45, 7) is -0.334. The SMILES string of the molecule is O=S(=O)([O-])CC(F)C(F)CCCCCCCCF.[Li+]. The Morgan fingerprint density at radius 1 is 0.895 bits per heavy atom. The first-order chi connectivity index (χ1) is 8.37. The third-order valence-electron chi connectivity index (χ3n) is 2.62. The fourth-order valence-electron chi connectivity index (χ4n) is 1.62. The molecule has 0 saturated carbocycles. The summed E-state index contributed by atoms with van der Waals surface area (Å²) >= 11 is 0. The molecule has 0 radical (unpaired) electrons. The van der Waals surface area contributed by atoms with Crippen LogP contribution in [0.1, 0.15) is 44.9 Å². The van der Waals surface area contributed by atoms with Crippen LogP contribution in [0.4, 0.5) is 13.2 Å². The van der Waals surface area contributed by atoms with Crippen LogP contribution >= 0.6 is 0 Å².